The minimum absolute atomic E-state index is 0.750. The molecular weight excluding hydrogens is 248 g/mol. The molecule has 0 aromatic carbocycles. The first kappa shape index (κ1) is 15.2. The standard InChI is InChI=1S/C16H28N4/c1-3-6-15-10-16(19-13-18-15)20-9-5-7-14(12-20)11-17-8-4-2/h10,13-14,17H,3-9,11-12H2,1-2H3. The van der Waals surface area contributed by atoms with Gasteiger partial charge >= 0.3 is 0 Å². The van der Waals surface area contributed by atoms with Crippen molar-refractivity contribution in [1.82, 2.24) is 15.3 Å². The van der Waals surface area contributed by atoms with Crippen LogP contribution >= 0.6 is 0 Å². The molecule has 1 fully saturated rings. The van der Waals surface area contributed by atoms with Crippen LogP contribution in [0.3, 0.4) is 0 Å². The van der Waals surface area contributed by atoms with Crippen LogP contribution < -0.4 is 10.2 Å². The Morgan fingerprint density at radius 3 is 3.00 bits per heavy atom. The van der Waals surface area contributed by atoms with Gasteiger partial charge in [0.2, 0.25) is 0 Å². The van der Waals surface area contributed by atoms with Gasteiger partial charge in [-0.1, -0.05) is 20.3 Å². The van der Waals surface area contributed by atoms with E-state index in [1.165, 1.54) is 25.0 Å². The highest BCUT2D eigenvalue weighted by Gasteiger charge is 2.20. The van der Waals surface area contributed by atoms with E-state index < -0.39 is 0 Å². The molecule has 0 saturated carbocycles. The first-order valence-electron chi connectivity index (χ1n) is 8.10. The Hall–Kier alpha value is -1.16. The van der Waals surface area contributed by atoms with Gasteiger partial charge in [0.15, 0.2) is 0 Å². The average molecular weight is 276 g/mol. The van der Waals surface area contributed by atoms with Crippen LogP contribution in [0.15, 0.2) is 12.4 Å². The summed E-state index contributed by atoms with van der Waals surface area (Å²) in [6, 6.07) is 2.17. The fraction of sp³-hybridized carbons (Fsp3) is 0.750. The largest absolute Gasteiger partial charge is 0.356 e. The van der Waals surface area contributed by atoms with E-state index in [0.29, 0.717) is 0 Å². The molecule has 4 nitrogen and oxygen atoms in total. The molecule has 0 amide bonds. The number of nitrogens with one attached hydrogen (secondary N) is 1. The Kier molecular flexibility index (Phi) is 6.25. The molecule has 0 aliphatic carbocycles. The number of aromatic nitrogens is 2. The van der Waals surface area contributed by atoms with Crippen molar-refractivity contribution in [3.8, 4) is 0 Å². The molecule has 1 aromatic rings. The molecule has 2 rings (SSSR count). The quantitative estimate of drug-likeness (QED) is 0.777. The number of rotatable bonds is 7. The summed E-state index contributed by atoms with van der Waals surface area (Å²) in [6.07, 6.45) is 7.72. The van der Waals surface area contributed by atoms with Gasteiger partial charge in [-0.2, -0.15) is 0 Å². The second-order valence-corrected chi connectivity index (χ2v) is 5.78. The highest BCUT2D eigenvalue weighted by Crippen LogP contribution is 2.21. The van der Waals surface area contributed by atoms with Crippen LogP contribution in [0.5, 0.6) is 0 Å². The third-order valence-corrected chi connectivity index (χ3v) is 3.92. The lowest BCUT2D eigenvalue weighted by molar-refractivity contribution is 0.391. The van der Waals surface area contributed by atoms with E-state index in [1.54, 1.807) is 6.33 Å². The van der Waals surface area contributed by atoms with Crippen LogP contribution in [-0.4, -0.2) is 36.1 Å². The van der Waals surface area contributed by atoms with E-state index in [0.717, 1.165) is 50.8 Å². The molecule has 0 bridgehead atoms. The maximum Gasteiger partial charge on any atom is 0.132 e. The van der Waals surface area contributed by atoms with Gasteiger partial charge in [-0.05, 0) is 44.7 Å². The maximum absolute atomic E-state index is 4.47. The monoisotopic (exact) mass is 276 g/mol. The number of hydrogen-bond donors (Lipinski definition) is 1. The normalized spacial score (nSPS) is 19.3. The molecule has 1 unspecified atom stereocenters. The molecule has 20 heavy (non-hydrogen) atoms. The summed E-state index contributed by atoms with van der Waals surface area (Å²) in [4.78, 5) is 11.3. The molecule has 1 N–H and O–H groups in total. The summed E-state index contributed by atoms with van der Waals surface area (Å²) in [7, 11) is 0. The second-order valence-electron chi connectivity index (χ2n) is 5.78. The SMILES string of the molecule is CCCNCC1CCCN(c2cc(CCC)ncn2)C1. The Bertz CT molecular complexity index is 394. The zero-order chi connectivity index (χ0) is 14.2. The number of aryl methyl sites for hydroxylation is 1. The summed E-state index contributed by atoms with van der Waals surface area (Å²) >= 11 is 0. The highest BCUT2D eigenvalue weighted by molar-refractivity contribution is 5.39. The van der Waals surface area contributed by atoms with Gasteiger partial charge in [-0.3, -0.25) is 0 Å². The van der Waals surface area contributed by atoms with Crippen LogP contribution in [0.2, 0.25) is 0 Å². The first-order chi connectivity index (χ1) is 9.83. The summed E-state index contributed by atoms with van der Waals surface area (Å²) in [5.74, 6) is 1.86. The van der Waals surface area contributed by atoms with Crippen molar-refractivity contribution in [1.29, 1.82) is 0 Å². The summed E-state index contributed by atoms with van der Waals surface area (Å²) in [5, 5.41) is 3.55. The van der Waals surface area contributed by atoms with E-state index in [9.17, 15) is 0 Å². The Morgan fingerprint density at radius 1 is 1.30 bits per heavy atom. The molecule has 112 valence electrons. The van der Waals surface area contributed by atoms with Gasteiger partial charge < -0.3 is 10.2 Å². The lowest BCUT2D eigenvalue weighted by Gasteiger charge is -2.33. The van der Waals surface area contributed by atoms with Crippen molar-refractivity contribution >= 4 is 5.82 Å². The van der Waals surface area contributed by atoms with Crippen molar-refractivity contribution in [2.45, 2.75) is 46.0 Å². The molecule has 1 aliphatic heterocycles. The van der Waals surface area contributed by atoms with E-state index in [2.05, 4.69) is 40.1 Å². The zero-order valence-electron chi connectivity index (χ0n) is 12.9. The third-order valence-electron chi connectivity index (χ3n) is 3.92. The van der Waals surface area contributed by atoms with Crippen LogP contribution in [0.25, 0.3) is 0 Å². The van der Waals surface area contributed by atoms with Gasteiger partial charge in [0.1, 0.15) is 12.1 Å². The van der Waals surface area contributed by atoms with Crippen molar-refractivity contribution in [3.05, 3.63) is 18.1 Å². The third kappa shape index (κ3) is 4.44. The molecule has 1 aromatic heterocycles. The molecule has 1 atom stereocenters. The fourth-order valence-corrected chi connectivity index (χ4v) is 2.87. The molecular formula is C16H28N4. The summed E-state index contributed by atoms with van der Waals surface area (Å²) in [6.45, 7) is 8.93. The molecule has 4 heteroatoms. The Labute approximate surface area is 123 Å². The van der Waals surface area contributed by atoms with Gasteiger partial charge in [0.05, 0.1) is 0 Å². The van der Waals surface area contributed by atoms with Crippen molar-refractivity contribution < 1.29 is 0 Å². The number of nitrogens with zero attached hydrogens (tertiary/aromatic N) is 3. The van der Waals surface area contributed by atoms with Crippen molar-refractivity contribution in [3.63, 3.8) is 0 Å². The van der Waals surface area contributed by atoms with Crippen LogP contribution in [0, 0.1) is 5.92 Å². The summed E-state index contributed by atoms with van der Waals surface area (Å²) < 4.78 is 0. The van der Waals surface area contributed by atoms with E-state index in [-0.39, 0.29) is 0 Å². The number of hydrogen-bond acceptors (Lipinski definition) is 4. The van der Waals surface area contributed by atoms with Gasteiger partial charge in [-0.15, -0.1) is 0 Å². The Balaban J connectivity index is 1.92. The highest BCUT2D eigenvalue weighted by atomic mass is 15.2. The fourth-order valence-electron chi connectivity index (χ4n) is 2.87. The smallest absolute Gasteiger partial charge is 0.132 e. The lowest BCUT2D eigenvalue weighted by Crippen LogP contribution is -2.40. The summed E-state index contributed by atoms with van der Waals surface area (Å²) in [5.41, 5.74) is 1.17. The minimum atomic E-state index is 0.750. The number of anilines is 1. The van der Waals surface area contributed by atoms with Crippen molar-refractivity contribution in [2.75, 3.05) is 31.1 Å². The maximum atomic E-state index is 4.47. The second kappa shape index (κ2) is 8.20. The van der Waals surface area contributed by atoms with Gasteiger partial charge in [0, 0.05) is 24.8 Å². The van der Waals surface area contributed by atoms with E-state index >= 15 is 0 Å². The topological polar surface area (TPSA) is 41.0 Å². The van der Waals surface area contributed by atoms with E-state index in [4.69, 9.17) is 0 Å². The van der Waals surface area contributed by atoms with Crippen LogP contribution in [-0.2, 0) is 6.42 Å². The molecule has 1 saturated heterocycles. The van der Waals surface area contributed by atoms with Gasteiger partial charge in [0.25, 0.3) is 0 Å². The predicted molar refractivity (Wildman–Crippen MR) is 84.1 cm³/mol. The molecule has 0 radical (unpaired) electrons. The number of piperidine rings is 1. The van der Waals surface area contributed by atoms with Gasteiger partial charge in [-0.25, -0.2) is 9.97 Å². The average Bonchev–Trinajstić information content (AvgIpc) is 2.49. The lowest BCUT2D eigenvalue weighted by atomic mass is 9.98. The Morgan fingerprint density at radius 2 is 2.20 bits per heavy atom. The molecule has 0 spiro atoms. The minimum Gasteiger partial charge on any atom is -0.356 e. The van der Waals surface area contributed by atoms with E-state index in [1.807, 2.05) is 0 Å². The van der Waals surface area contributed by atoms with Crippen molar-refractivity contribution in [2.24, 2.45) is 5.92 Å². The predicted octanol–water partition coefficient (Wildman–Crippen LogP) is 2.65. The van der Waals surface area contributed by atoms with Crippen LogP contribution in [0.1, 0.15) is 45.2 Å². The molecule has 2 heterocycles. The molecule has 1 aliphatic rings. The first-order valence-corrected chi connectivity index (χ1v) is 8.10. The zero-order valence-corrected chi connectivity index (χ0v) is 12.9. The van der Waals surface area contributed by atoms with Crippen LogP contribution in [0.4, 0.5) is 5.82 Å².